The second-order valence-electron chi connectivity index (χ2n) is 9.00. The smallest absolute Gasteiger partial charge is 0.257 e. The molecule has 3 fully saturated rings. The number of likely N-dealkylation sites (tertiary alicyclic amines) is 1. The maximum atomic E-state index is 14.2. The van der Waals surface area contributed by atoms with Crippen molar-refractivity contribution in [3.05, 3.63) is 35.8 Å². The molecule has 1 aliphatic carbocycles. The fraction of sp³-hybridized carbons (Fsp3) is 0.583. The van der Waals surface area contributed by atoms with Crippen molar-refractivity contribution < 1.29 is 9.18 Å². The summed E-state index contributed by atoms with van der Waals surface area (Å²) in [6, 6.07) is 5.42. The molecule has 3 heterocycles. The first-order valence-corrected chi connectivity index (χ1v) is 11.6. The van der Waals surface area contributed by atoms with Gasteiger partial charge in [-0.2, -0.15) is 0 Å². The van der Waals surface area contributed by atoms with Crippen LogP contribution < -0.4 is 4.90 Å². The van der Waals surface area contributed by atoms with Crippen molar-refractivity contribution in [3.63, 3.8) is 0 Å². The lowest BCUT2D eigenvalue weighted by atomic mass is 9.93. The standard InChI is InChI=1S/C24H31FN4O/c25-18-8-9-22-20(16-18)23(21(17-26-22)24(30)29-10-4-5-11-29)28-14-12-27(13-15-28)19-6-2-1-3-7-19/h8-9,16-17,19H,1-7,10-15H2. The quantitative estimate of drug-likeness (QED) is 0.765. The van der Waals surface area contributed by atoms with Gasteiger partial charge in [0.15, 0.2) is 0 Å². The van der Waals surface area contributed by atoms with Gasteiger partial charge in [0.25, 0.3) is 5.91 Å². The predicted molar refractivity (Wildman–Crippen MR) is 117 cm³/mol. The number of fused-ring (bicyclic) bond motifs is 1. The summed E-state index contributed by atoms with van der Waals surface area (Å²) in [5.74, 6) is -0.243. The molecule has 30 heavy (non-hydrogen) atoms. The Morgan fingerprint density at radius 3 is 2.40 bits per heavy atom. The van der Waals surface area contributed by atoms with Gasteiger partial charge in [0, 0.05) is 56.9 Å². The number of benzene rings is 1. The van der Waals surface area contributed by atoms with Gasteiger partial charge in [-0.15, -0.1) is 0 Å². The molecule has 160 valence electrons. The number of amides is 1. The van der Waals surface area contributed by atoms with Gasteiger partial charge in [-0.3, -0.25) is 14.7 Å². The molecule has 0 N–H and O–H groups in total. The maximum absolute atomic E-state index is 14.2. The molecular weight excluding hydrogens is 379 g/mol. The summed E-state index contributed by atoms with van der Waals surface area (Å²) >= 11 is 0. The van der Waals surface area contributed by atoms with Crippen LogP contribution in [0.25, 0.3) is 10.9 Å². The Kier molecular flexibility index (Phi) is 5.59. The molecule has 2 aromatic rings. The lowest BCUT2D eigenvalue weighted by Crippen LogP contribution is -2.51. The highest BCUT2D eigenvalue weighted by Crippen LogP contribution is 2.33. The van der Waals surface area contributed by atoms with Crippen LogP contribution in [-0.4, -0.2) is 66.0 Å². The number of nitrogens with zero attached hydrogens (tertiary/aromatic N) is 4. The summed E-state index contributed by atoms with van der Waals surface area (Å²) in [7, 11) is 0. The van der Waals surface area contributed by atoms with Gasteiger partial charge in [0.1, 0.15) is 5.82 Å². The average Bonchev–Trinajstić information content (AvgIpc) is 3.33. The summed E-state index contributed by atoms with van der Waals surface area (Å²) in [4.78, 5) is 24.7. The average molecular weight is 411 g/mol. The van der Waals surface area contributed by atoms with Crippen LogP contribution in [0.5, 0.6) is 0 Å². The molecule has 0 bridgehead atoms. The van der Waals surface area contributed by atoms with Crippen molar-refractivity contribution in [3.8, 4) is 0 Å². The number of halogens is 1. The number of rotatable bonds is 3. The highest BCUT2D eigenvalue weighted by molar-refractivity contribution is 6.07. The Labute approximate surface area is 177 Å². The van der Waals surface area contributed by atoms with Crippen LogP contribution in [0.15, 0.2) is 24.4 Å². The molecule has 2 aliphatic heterocycles. The molecule has 2 saturated heterocycles. The van der Waals surface area contributed by atoms with Crippen LogP contribution >= 0.6 is 0 Å². The summed E-state index contributed by atoms with van der Waals surface area (Å²) in [6.45, 7) is 5.34. The zero-order chi connectivity index (χ0) is 20.5. The van der Waals surface area contributed by atoms with Gasteiger partial charge in [-0.1, -0.05) is 19.3 Å². The largest absolute Gasteiger partial charge is 0.368 e. The van der Waals surface area contributed by atoms with E-state index in [1.165, 1.54) is 38.2 Å². The monoisotopic (exact) mass is 410 g/mol. The first-order chi connectivity index (χ1) is 14.7. The molecule has 3 aliphatic rings. The Morgan fingerprint density at radius 2 is 1.67 bits per heavy atom. The van der Waals surface area contributed by atoms with Gasteiger partial charge >= 0.3 is 0 Å². The minimum Gasteiger partial charge on any atom is -0.368 e. The predicted octanol–water partition coefficient (Wildman–Crippen LogP) is 4.06. The molecule has 0 unspecified atom stereocenters. The van der Waals surface area contributed by atoms with E-state index >= 15 is 0 Å². The fourth-order valence-corrected chi connectivity index (χ4v) is 5.50. The lowest BCUT2D eigenvalue weighted by Gasteiger charge is -2.42. The normalized spacial score (nSPS) is 21.5. The van der Waals surface area contributed by atoms with Crippen molar-refractivity contribution >= 4 is 22.5 Å². The SMILES string of the molecule is O=C(c1cnc2ccc(F)cc2c1N1CCN(C2CCCCC2)CC1)N1CCCC1. The number of aromatic nitrogens is 1. The van der Waals surface area contributed by atoms with Gasteiger partial charge in [-0.05, 0) is 43.9 Å². The third-order valence-electron chi connectivity index (χ3n) is 7.15. The summed E-state index contributed by atoms with van der Waals surface area (Å²) in [5.41, 5.74) is 2.25. The highest BCUT2D eigenvalue weighted by Gasteiger charge is 2.30. The fourth-order valence-electron chi connectivity index (χ4n) is 5.50. The van der Waals surface area contributed by atoms with E-state index in [1.807, 2.05) is 4.90 Å². The van der Waals surface area contributed by atoms with Crippen molar-refractivity contribution in [1.82, 2.24) is 14.8 Å². The number of carbonyl (C=O) groups is 1. The molecule has 0 spiro atoms. The van der Waals surface area contributed by atoms with Crippen LogP contribution in [0.2, 0.25) is 0 Å². The minimum atomic E-state index is -0.280. The van der Waals surface area contributed by atoms with E-state index in [0.717, 1.165) is 68.7 Å². The molecule has 1 aromatic heterocycles. The van der Waals surface area contributed by atoms with Crippen molar-refractivity contribution in [2.45, 2.75) is 51.0 Å². The molecule has 0 radical (unpaired) electrons. The number of hydrogen-bond donors (Lipinski definition) is 0. The van der Waals surface area contributed by atoms with Crippen molar-refractivity contribution in [2.24, 2.45) is 0 Å². The zero-order valence-corrected chi connectivity index (χ0v) is 17.7. The minimum absolute atomic E-state index is 0.0378. The van der Waals surface area contributed by atoms with Gasteiger partial charge in [0.2, 0.25) is 0 Å². The van der Waals surface area contributed by atoms with Crippen LogP contribution in [0.3, 0.4) is 0 Å². The number of anilines is 1. The van der Waals surface area contributed by atoms with Crippen LogP contribution in [0.1, 0.15) is 55.3 Å². The number of carbonyl (C=O) groups excluding carboxylic acids is 1. The zero-order valence-electron chi connectivity index (χ0n) is 17.7. The van der Waals surface area contributed by atoms with Gasteiger partial charge < -0.3 is 9.80 Å². The Morgan fingerprint density at radius 1 is 0.933 bits per heavy atom. The maximum Gasteiger partial charge on any atom is 0.257 e. The molecule has 6 heteroatoms. The summed E-state index contributed by atoms with van der Waals surface area (Å²) in [6.07, 6.45) is 10.5. The third-order valence-corrected chi connectivity index (χ3v) is 7.15. The topological polar surface area (TPSA) is 39.7 Å². The van der Waals surface area contributed by atoms with E-state index in [-0.39, 0.29) is 11.7 Å². The Bertz CT molecular complexity index is 913. The molecule has 1 aromatic carbocycles. The van der Waals surface area contributed by atoms with Crippen LogP contribution in [-0.2, 0) is 0 Å². The second kappa shape index (κ2) is 8.50. The highest BCUT2D eigenvalue weighted by atomic mass is 19.1. The number of hydrogen-bond acceptors (Lipinski definition) is 4. The lowest BCUT2D eigenvalue weighted by molar-refractivity contribution is 0.0792. The number of piperazine rings is 1. The van der Waals surface area contributed by atoms with Crippen LogP contribution in [0, 0.1) is 5.82 Å². The van der Waals surface area contributed by atoms with E-state index in [0.29, 0.717) is 11.6 Å². The molecular formula is C24H31FN4O. The van der Waals surface area contributed by atoms with Crippen LogP contribution in [0.4, 0.5) is 10.1 Å². The molecule has 1 saturated carbocycles. The molecule has 1 amide bonds. The molecule has 0 atom stereocenters. The van der Waals surface area contributed by atoms with E-state index < -0.39 is 0 Å². The van der Waals surface area contributed by atoms with E-state index in [2.05, 4.69) is 14.8 Å². The Balaban J connectivity index is 1.46. The van der Waals surface area contributed by atoms with E-state index in [9.17, 15) is 9.18 Å². The van der Waals surface area contributed by atoms with Crippen molar-refractivity contribution in [1.29, 1.82) is 0 Å². The number of pyridine rings is 1. The summed E-state index contributed by atoms with van der Waals surface area (Å²) < 4.78 is 14.2. The molecule has 5 rings (SSSR count). The second-order valence-corrected chi connectivity index (χ2v) is 9.00. The Hall–Kier alpha value is -2.21. The first kappa shape index (κ1) is 19.7. The van der Waals surface area contributed by atoms with E-state index in [4.69, 9.17) is 0 Å². The summed E-state index contributed by atoms with van der Waals surface area (Å²) in [5, 5.41) is 0.756. The van der Waals surface area contributed by atoms with Crippen molar-refractivity contribution in [2.75, 3.05) is 44.2 Å². The van der Waals surface area contributed by atoms with E-state index in [1.54, 1.807) is 18.3 Å². The van der Waals surface area contributed by atoms with Gasteiger partial charge in [-0.25, -0.2) is 4.39 Å². The van der Waals surface area contributed by atoms with Gasteiger partial charge in [0.05, 0.1) is 16.8 Å². The first-order valence-electron chi connectivity index (χ1n) is 11.6. The third kappa shape index (κ3) is 3.78. The molecule has 5 nitrogen and oxygen atoms in total.